The van der Waals surface area contributed by atoms with Crippen LogP contribution in [0.25, 0.3) is 21.5 Å². The zero-order valence-corrected chi connectivity index (χ0v) is 32.3. The summed E-state index contributed by atoms with van der Waals surface area (Å²) in [5.74, 6) is -1.60. The van der Waals surface area contributed by atoms with Gasteiger partial charge in [0.1, 0.15) is 31.6 Å². The van der Waals surface area contributed by atoms with Crippen molar-refractivity contribution in [1.82, 2.24) is 0 Å². The van der Waals surface area contributed by atoms with Crippen molar-refractivity contribution in [3.8, 4) is 11.5 Å². The third-order valence-corrected chi connectivity index (χ3v) is 9.44. The largest absolute Gasteiger partial charge is 2.00 e. The minimum Gasteiger partial charge on any atom is -0.744 e. The predicted molar refractivity (Wildman–Crippen MR) is 197 cm³/mol. The second-order valence-corrected chi connectivity index (χ2v) is 14.0. The summed E-state index contributed by atoms with van der Waals surface area (Å²) >= 11 is 0. The molecule has 0 heterocycles. The SMILES string of the molecule is Cc1cc(N=Nc2c(O)c(S(=O)(=O)[O-])cc3ccccc23)ccc1[N+](=O)[O-].Cc1cc(N=Nc2c(O)c(S(=O)(=O)[O-])cc3ccccc23)ccc1[N+](=O)[O-].[Ca+2]. The summed E-state index contributed by atoms with van der Waals surface area (Å²) in [6, 6.07) is 23.2. The van der Waals surface area contributed by atoms with E-state index < -0.39 is 51.4 Å². The third-order valence-electron chi connectivity index (χ3n) is 7.74. The molecule has 21 heteroatoms. The van der Waals surface area contributed by atoms with E-state index in [0.717, 1.165) is 12.1 Å². The van der Waals surface area contributed by atoms with Gasteiger partial charge in [-0.3, -0.25) is 20.2 Å². The van der Waals surface area contributed by atoms with E-state index >= 15 is 0 Å². The van der Waals surface area contributed by atoms with Crippen LogP contribution in [0.1, 0.15) is 11.1 Å². The van der Waals surface area contributed by atoms with Crippen LogP contribution >= 0.6 is 0 Å². The van der Waals surface area contributed by atoms with Gasteiger partial charge in [0.05, 0.1) is 31.0 Å². The van der Waals surface area contributed by atoms with Gasteiger partial charge in [0.15, 0.2) is 11.5 Å². The normalized spacial score (nSPS) is 11.7. The number of nitro groups is 2. The zero-order chi connectivity index (χ0) is 39.5. The molecule has 0 bridgehead atoms. The third kappa shape index (κ3) is 9.61. The van der Waals surface area contributed by atoms with Gasteiger partial charge in [0, 0.05) is 34.0 Å². The zero-order valence-electron chi connectivity index (χ0n) is 28.4. The Hall–Kier alpha value is -5.48. The van der Waals surface area contributed by atoms with Gasteiger partial charge in [0.25, 0.3) is 11.4 Å². The molecule has 0 aliphatic carbocycles. The molecule has 0 fully saturated rings. The Morgan fingerprint density at radius 1 is 0.545 bits per heavy atom. The van der Waals surface area contributed by atoms with Crippen LogP contribution in [-0.2, 0) is 20.2 Å². The molecule has 0 aromatic heterocycles. The Kier molecular flexibility index (Phi) is 13.0. The van der Waals surface area contributed by atoms with Crippen LogP contribution in [0.4, 0.5) is 34.1 Å². The number of nitrogens with zero attached hydrogens (tertiary/aromatic N) is 6. The van der Waals surface area contributed by atoms with Crippen molar-refractivity contribution < 1.29 is 46.0 Å². The van der Waals surface area contributed by atoms with E-state index in [4.69, 9.17) is 0 Å². The molecule has 55 heavy (non-hydrogen) atoms. The van der Waals surface area contributed by atoms with Crippen LogP contribution in [-0.4, -0.2) is 83.7 Å². The Labute approximate surface area is 341 Å². The molecule has 6 aromatic carbocycles. The van der Waals surface area contributed by atoms with E-state index in [9.17, 15) is 56.4 Å². The van der Waals surface area contributed by atoms with Crippen molar-refractivity contribution in [3.05, 3.63) is 128 Å². The summed E-state index contributed by atoms with van der Waals surface area (Å²) in [5, 5.41) is 59.4. The minimum absolute atomic E-state index is 0. The quantitative estimate of drug-likeness (QED) is 0.0489. The van der Waals surface area contributed by atoms with E-state index in [2.05, 4.69) is 20.5 Å². The number of hydrogen-bond donors (Lipinski definition) is 2. The molecule has 0 saturated carbocycles. The number of aromatic hydroxyl groups is 2. The molecule has 6 aromatic rings. The maximum Gasteiger partial charge on any atom is 2.00 e. The number of aryl methyl sites for hydroxylation is 2. The maximum absolute atomic E-state index is 11.4. The molecule has 2 N–H and O–H groups in total. The standard InChI is InChI=1S/2C17H13N3O6S.Ca/c2*1-10-8-12(6-7-14(10)20(22)23)18-19-16-13-5-3-2-4-11(13)9-15(17(16)21)27(24,25)26;/h2*2-9,21H,1H3,(H,24,25,26);/q;;+2/p-2. The fraction of sp³-hybridized carbons (Fsp3) is 0.0588. The number of benzene rings is 6. The first kappa shape index (κ1) is 42.3. The number of phenolic OH excluding ortho intramolecular Hbond substituents is 2. The molecule has 276 valence electrons. The van der Waals surface area contributed by atoms with Crippen LogP contribution in [0, 0.1) is 34.1 Å². The Morgan fingerprint density at radius 3 is 1.20 bits per heavy atom. The number of azo groups is 2. The van der Waals surface area contributed by atoms with Crippen LogP contribution in [0.15, 0.2) is 127 Å². The summed E-state index contributed by atoms with van der Waals surface area (Å²) in [6.07, 6.45) is 0. The van der Waals surface area contributed by atoms with E-state index in [1.807, 2.05) is 0 Å². The molecule has 6 rings (SSSR count). The van der Waals surface area contributed by atoms with Gasteiger partial charge >= 0.3 is 37.7 Å². The molecular weight excluding hydrogens is 789 g/mol. The molecule has 0 atom stereocenters. The topological polar surface area (TPSA) is 291 Å². The van der Waals surface area contributed by atoms with Crippen LogP contribution in [0.5, 0.6) is 11.5 Å². The molecule has 0 radical (unpaired) electrons. The Balaban J connectivity index is 0.000000240. The molecular formula is C34H24CaN6O12S2. The van der Waals surface area contributed by atoms with Gasteiger partial charge in [-0.1, -0.05) is 48.5 Å². The van der Waals surface area contributed by atoms with Crippen molar-refractivity contribution in [2.24, 2.45) is 20.5 Å². The van der Waals surface area contributed by atoms with Gasteiger partial charge in [-0.25, -0.2) is 16.8 Å². The number of nitro benzene ring substituents is 2. The van der Waals surface area contributed by atoms with E-state index in [0.29, 0.717) is 32.7 Å². The molecule has 0 spiro atoms. The van der Waals surface area contributed by atoms with E-state index in [-0.39, 0.29) is 71.9 Å². The molecule has 0 saturated heterocycles. The average molecular weight is 813 g/mol. The Morgan fingerprint density at radius 2 is 0.891 bits per heavy atom. The fourth-order valence-electron chi connectivity index (χ4n) is 5.20. The van der Waals surface area contributed by atoms with Gasteiger partial charge in [-0.05, 0) is 61.0 Å². The minimum atomic E-state index is -4.93. The summed E-state index contributed by atoms with van der Waals surface area (Å²) in [6.45, 7) is 3.07. The predicted octanol–water partition coefficient (Wildman–Crippen LogP) is 7.78. The van der Waals surface area contributed by atoms with E-state index in [1.165, 1.54) is 50.2 Å². The fourth-order valence-corrected chi connectivity index (χ4v) is 6.41. The first-order chi connectivity index (χ1) is 25.4. The number of hydrogen-bond acceptors (Lipinski definition) is 16. The maximum atomic E-state index is 11.4. The van der Waals surface area contributed by atoms with Crippen molar-refractivity contribution >= 4 is 114 Å². The summed E-state index contributed by atoms with van der Waals surface area (Å²) in [5.41, 5.74) is 0.720. The van der Waals surface area contributed by atoms with Gasteiger partial charge in [0.2, 0.25) is 0 Å². The van der Waals surface area contributed by atoms with E-state index in [1.54, 1.807) is 48.5 Å². The number of rotatable bonds is 8. The first-order valence-corrected chi connectivity index (χ1v) is 17.9. The molecule has 0 aliphatic heterocycles. The number of phenols is 2. The molecule has 0 aliphatic rings. The second-order valence-electron chi connectivity index (χ2n) is 11.4. The van der Waals surface area contributed by atoms with Crippen LogP contribution < -0.4 is 0 Å². The first-order valence-electron chi connectivity index (χ1n) is 15.1. The molecule has 0 unspecified atom stereocenters. The van der Waals surface area contributed by atoms with Crippen molar-refractivity contribution in [1.29, 1.82) is 0 Å². The molecule has 0 amide bonds. The van der Waals surface area contributed by atoms with Crippen molar-refractivity contribution in [2.45, 2.75) is 23.6 Å². The van der Waals surface area contributed by atoms with Gasteiger partial charge in [-0.15, -0.1) is 10.2 Å². The summed E-state index contributed by atoms with van der Waals surface area (Å²) in [4.78, 5) is 19.1. The van der Waals surface area contributed by atoms with Crippen LogP contribution in [0.2, 0.25) is 0 Å². The van der Waals surface area contributed by atoms with Crippen molar-refractivity contribution in [2.75, 3.05) is 0 Å². The monoisotopic (exact) mass is 812 g/mol. The summed E-state index contributed by atoms with van der Waals surface area (Å²) in [7, 11) is -9.86. The van der Waals surface area contributed by atoms with Gasteiger partial charge in [-0.2, -0.15) is 10.2 Å². The summed E-state index contributed by atoms with van der Waals surface area (Å²) < 4.78 is 68.5. The Bertz CT molecular complexity index is 2610. The average Bonchev–Trinajstić information content (AvgIpc) is 3.09. The molecule has 18 nitrogen and oxygen atoms in total. The number of fused-ring (bicyclic) bond motifs is 2. The van der Waals surface area contributed by atoms with Crippen molar-refractivity contribution in [3.63, 3.8) is 0 Å². The smallest absolute Gasteiger partial charge is 0.744 e. The van der Waals surface area contributed by atoms with Crippen LogP contribution in [0.3, 0.4) is 0 Å². The van der Waals surface area contributed by atoms with Gasteiger partial charge < -0.3 is 19.3 Å². The second kappa shape index (κ2) is 16.9.